The van der Waals surface area contributed by atoms with Gasteiger partial charge in [0, 0.05) is 35.5 Å². The zero-order valence-corrected chi connectivity index (χ0v) is 11.1. The molecule has 2 rings (SSSR count). The third-order valence-corrected chi connectivity index (χ3v) is 2.90. The Hall–Kier alpha value is -1.82. The first kappa shape index (κ1) is 12.6. The highest BCUT2D eigenvalue weighted by atomic mass is 79.9. The first-order chi connectivity index (χ1) is 8.65. The van der Waals surface area contributed by atoms with Gasteiger partial charge in [-0.2, -0.15) is 0 Å². The van der Waals surface area contributed by atoms with Gasteiger partial charge in [0.2, 0.25) is 0 Å². The Labute approximate surface area is 112 Å². The Morgan fingerprint density at radius 3 is 2.83 bits per heavy atom. The van der Waals surface area contributed by atoms with Crippen LogP contribution in [-0.4, -0.2) is 16.1 Å². The van der Waals surface area contributed by atoms with Gasteiger partial charge in [-0.25, -0.2) is 4.79 Å². The lowest BCUT2D eigenvalue weighted by molar-refractivity contribution is 0.669. The average Bonchev–Trinajstić information content (AvgIpc) is 2.32. The molecule has 0 amide bonds. The van der Waals surface area contributed by atoms with Crippen LogP contribution < -0.4 is 16.6 Å². The zero-order valence-electron chi connectivity index (χ0n) is 9.52. The van der Waals surface area contributed by atoms with E-state index in [4.69, 9.17) is 0 Å². The molecule has 0 saturated heterocycles. The Morgan fingerprint density at radius 1 is 1.28 bits per heavy atom. The highest BCUT2D eigenvalue weighted by Crippen LogP contribution is 2.15. The molecule has 0 aliphatic carbocycles. The van der Waals surface area contributed by atoms with E-state index < -0.39 is 5.69 Å². The van der Waals surface area contributed by atoms with Crippen LogP contribution in [0.25, 0.3) is 0 Å². The summed E-state index contributed by atoms with van der Waals surface area (Å²) in [6.45, 7) is 1.09. The minimum atomic E-state index is -0.390. The predicted octanol–water partition coefficient (Wildman–Crippen LogP) is 1.41. The smallest absolute Gasteiger partial charge is 0.328 e. The van der Waals surface area contributed by atoms with Crippen molar-refractivity contribution in [3.8, 4) is 0 Å². The minimum Gasteiger partial charge on any atom is -0.383 e. The Morgan fingerprint density at radius 2 is 2.11 bits per heavy atom. The van der Waals surface area contributed by atoms with Gasteiger partial charge >= 0.3 is 5.69 Å². The first-order valence-corrected chi connectivity index (χ1v) is 6.24. The molecule has 0 spiro atoms. The summed E-state index contributed by atoms with van der Waals surface area (Å²) in [4.78, 5) is 24.5. The van der Waals surface area contributed by atoms with Crippen LogP contribution in [0.3, 0.4) is 0 Å². The highest BCUT2D eigenvalue weighted by molar-refractivity contribution is 9.10. The molecule has 2 N–H and O–H groups in total. The van der Waals surface area contributed by atoms with Gasteiger partial charge in [0.05, 0.1) is 0 Å². The van der Waals surface area contributed by atoms with Crippen molar-refractivity contribution in [2.45, 2.75) is 6.54 Å². The third kappa shape index (κ3) is 3.33. The molecule has 0 atom stereocenters. The van der Waals surface area contributed by atoms with Gasteiger partial charge in [-0.1, -0.05) is 22.0 Å². The van der Waals surface area contributed by atoms with Crippen molar-refractivity contribution in [3.05, 3.63) is 61.8 Å². The molecule has 0 aliphatic rings. The van der Waals surface area contributed by atoms with Gasteiger partial charge in [0.1, 0.15) is 0 Å². The highest BCUT2D eigenvalue weighted by Gasteiger charge is 1.97. The summed E-state index contributed by atoms with van der Waals surface area (Å²) in [5.74, 6) is 0. The van der Waals surface area contributed by atoms with Crippen LogP contribution in [0, 0.1) is 0 Å². The lowest BCUT2D eigenvalue weighted by Gasteiger charge is -2.08. The summed E-state index contributed by atoms with van der Waals surface area (Å²) in [5.41, 5.74) is 0.205. The van der Waals surface area contributed by atoms with Crippen molar-refractivity contribution in [3.63, 3.8) is 0 Å². The van der Waals surface area contributed by atoms with E-state index >= 15 is 0 Å². The van der Waals surface area contributed by atoms with Crippen molar-refractivity contribution >= 4 is 21.6 Å². The number of nitrogens with zero attached hydrogens (tertiary/aromatic N) is 1. The number of hydrogen-bond acceptors (Lipinski definition) is 3. The molecule has 1 aromatic heterocycles. The summed E-state index contributed by atoms with van der Waals surface area (Å²) in [5, 5.41) is 3.19. The molecule has 1 aromatic carbocycles. The number of aromatic nitrogens is 2. The molecular weight excluding hydrogens is 298 g/mol. The van der Waals surface area contributed by atoms with E-state index in [9.17, 15) is 9.59 Å². The number of anilines is 1. The molecule has 5 nitrogen and oxygen atoms in total. The summed E-state index contributed by atoms with van der Waals surface area (Å²) in [6, 6.07) is 9.10. The van der Waals surface area contributed by atoms with Crippen LogP contribution in [0.4, 0.5) is 5.69 Å². The molecule has 1 heterocycles. The number of nitrogens with one attached hydrogen (secondary N) is 2. The number of aromatic amines is 1. The number of halogens is 1. The van der Waals surface area contributed by atoms with E-state index in [1.54, 1.807) is 0 Å². The van der Waals surface area contributed by atoms with Crippen molar-refractivity contribution in [2.24, 2.45) is 0 Å². The summed E-state index contributed by atoms with van der Waals surface area (Å²) >= 11 is 3.38. The summed E-state index contributed by atoms with van der Waals surface area (Å²) < 4.78 is 2.44. The lowest BCUT2D eigenvalue weighted by atomic mass is 10.3. The molecule has 0 aliphatic heterocycles. The lowest BCUT2D eigenvalue weighted by Crippen LogP contribution is -2.30. The molecule has 0 fully saturated rings. The molecule has 0 bridgehead atoms. The molecule has 2 aromatic rings. The van der Waals surface area contributed by atoms with E-state index in [-0.39, 0.29) is 5.56 Å². The predicted molar refractivity (Wildman–Crippen MR) is 74.0 cm³/mol. The molecule has 0 saturated carbocycles. The Bertz CT molecular complexity index is 648. The van der Waals surface area contributed by atoms with Crippen LogP contribution in [-0.2, 0) is 6.54 Å². The van der Waals surface area contributed by atoms with Gasteiger partial charge < -0.3 is 5.32 Å². The molecule has 18 heavy (non-hydrogen) atoms. The number of H-pyrrole nitrogens is 1. The topological polar surface area (TPSA) is 66.9 Å². The van der Waals surface area contributed by atoms with Crippen LogP contribution in [0.5, 0.6) is 0 Å². The van der Waals surface area contributed by atoms with E-state index in [0.717, 1.165) is 10.2 Å². The second-order valence-electron chi connectivity index (χ2n) is 3.74. The fourth-order valence-electron chi connectivity index (χ4n) is 1.54. The fourth-order valence-corrected chi connectivity index (χ4v) is 1.94. The quantitative estimate of drug-likeness (QED) is 0.897. The van der Waals surface area contributed by atoms with Crippen molar-refractivity contribution < 1.29 is 0 Å². The number of rotatable bonds is 4. The largest absolute Gasteiger partial charge is 0.383 e. The molecule has 6 heteroatoms. The van der Waals surface area contributed by atoms with E-state index in [1.165, 1.54) is 16.8 Å². The maximum atomic E-state index is 11.4. The monoisotopic (exact) mass is 309 g/mol. The standard InChI is InChI=1S/C12H12BrN3O2/c13-9-2-1-3-10(8-9)14-5-7-16-6-4-11(17)15-12(16)18/h1-4,6,8,14H,5,7H2,(H,15,17,18). The molecule has 0 unspecified atom stereocenters. The Balaban J connectivity index is 1.96. The van der Waals surface area contributed by atoms with E-state index in [2.05, 4.69) is 26.2 Å². The molecular formula is C12H12BrN3O2. The van der Waals surface area contributed by atoms with E-state index in [0.29, 0.717) is 13.1 Å². The summed E-state index contributed by atoms with van der Waals surface area (Å²) in [6.07, 6.45) is 1.49. The Kier molecular flexibility index (Phi) is 3.99. The molecule has 94 valence electrons. The first-order valence-electron chi connectivity index (χ1n) is 5.44. The van der Waals surface area contributed by atoms with Crippen LogP contribution in [0.2, 0.25) is 0 Å². The second kappa shape index (κ2) is 5.68. The van der Waals surface area contributed by atoms with Gasteiger partial charge in [0.25, 0.3) is 5.56 Å². The van der Waals surface area contributed by atoms with Crippen molar-refractivity contribution in [1.82, 2.24) is 9.55 Å². The van der Waals surface area contributed by atoms with Gasteiger partial charge in [-0.05, 0) is 18.2 Å². The second-order valence-corrected chi connectivity index (χ2v) is 4.66. The normalized spacial score (nSPS) is 10.3. The van der Waals surface area contributed by atoms with Crippen molar-refractivity contribution in [2.75, 3.05) is 11.9 Å². The zero-order chi connectivity index (χ0) is 13.0. The van der Waals surface area contributed by atoms with Crippen LogP contribution in [0.1, 0.15) is 0 Å². The average molecular weight is 310 g/mol. The summed E-state index contributed by atoms with van der Waals surface area (Å²) in [7, 11) is 0. The minimum absolute atomic E-state index is 0.379. The number of benzene rings is 1. The van der Waals surface area contributed by atoms with Gasteiger partial charge in [-0.3, -0.25) is 14.3 Å². The fraction of sp³-hybridized carbons (Fsp3) is 0.167. The number of hydrogen-bond donors (Lipinski definition) is 2. The SMILES string of the molecule is O=c1ccn(CCNc2cccc(Br)c2)c(=O)[nH]1. The van der Waals surface area contributed by atoms with Gasteiger partial charge in [0.15, 0.2) is 0 Å². The van der Waals surface area contributed by atoms with Crippen LogP contribution in [0.15, 0.2) is 50.6 Å². The maximum absolute atomic E-state index is 11.4. The third-order valence-electron chi connectivity index (χ3n) is 2.40. The van der Waals surface area contributed by atoms with Crippen LogP contribution >= 0.6 is 15.9 Å². The molecule has 0 radical (unpaired) electrons. The van der Waals surface area contributed by atoms with Gasteiger partial charge in [-0.15, -0.1) is 0 Å². The van der Waals surface area contributed by atoms with E-state index in [1.807, 2.05) is 24.3 Å². The van der Waals surface area contributed by atoms with Crippen molar-refractivity contribution in [1.29, 1.82) is 0 Å². The maximum Gasteiger partial charge on any atom is 0.328 e.